The summed E-state index contributed by atoms with van der Waals surface area (Å²) in [5.74, 6) is -0.448. The number of hydrogen-bond acceptors (Lipinski definition) is 6. The standard InChI is InChI=1S/C17H24ClN3O5S/c1-26-17(23)3-2-8-19-16(22)13-20-9-11-21(12-10-20)27(24,25)15-6-4-14(18)5-7-15/h4-7H,2-3,8-13H2,1H3,(H,19,22). The molecule has 1 aromatic rings. The van der Waals surface area contributed by atoms with Crippen LogP contribution in [-0.4, -0.2) is 75.9 Å². The van der Waals surface area contributed by atoms with Gasteiger partial charge in [-0.15, -0.1) is 0 Å². The Morgan fingerprint density at radius 3 is 2.37 bits per heavy atom. The van der Waals surface area contributed by atoms with Crippen molar-refractivity contribution in [1.29, 1.82) is 0 Å². The maximum Gasteiger partial charge on any atom is 0.305 e. The SMILES string of the molecule is COC(=O)CCCNC(=O)CN1CCN(S(=O)(=O)c2ccc(Cl)cc2)CC1. The summed E-state index contributed by atoms with van der Waals surface area (Å²) in [6.45, 7) is 2.19. The Balaban J connectivity index is 1.75. The van der Waals surface area contributed by atoms with Crippen LogP contribution in [0.2, 0.25) is 5.02 Å². The molecule has 1 heterocycles. The summed E-state index contributed by atoms with van der Waals surface area (Å²) in [5, 5.41) is 3.23. The first-order valence-electron chi connectivity index (χ1n) is 8.64. The summed E-state index contributed by atoms with van der Waals surface area (Å²) in [6, 6.07) is 6.09. The number of sulfonamides is 1. The van der Waals surface area contributed by atoms with E-state index in [1.54, 1.807) is 12.1 Å². The van der Waals surface area contributed by atoms with Crippen LogP contribution in [-0.2, 0) is 24.3 Å². The molecule has 8 nitrogen and oxygen atoms in total. The summed E-state index contributed by atoms with van der Waals surface area (Å²) in [6.07, 6.45) is 0.781. The molecule has 0 aromatic heterocycles. The van der Waals surface area contributed by atoms with Gasteiger partial charge in [-0.1, -0.05) is 11.6 Å². The molecule has 1 aromatic carbocycles. The second kappa shape index (κ2) is 10.0. The Labute approximate surface area is 164 Å². The van der Waals surface area contributed by atoms with Gasteiger partial charge < -0.3 is 10.1 Å². The van der Waals surface area contributed by atoms with Crippen molar-refractivity contribution >= 4 is 33.5 Å². The predicted molar refractivity (Wildman–Crippen MR) is 101 cm³/mol. The fourth-order valence-corrected chi connectivity index (χ4v) is 4.25. The van der Waals surface area contributed by atoms with Crippen LogP contribution in [0.3, 0.4) is 0 Å². The number of nitrogens with zero attached hydrogens (tertiary/aromatic N) is 2. The minimum absolute atomic E-state index is 0.145. The highest BCUT2D eigenvalue weighted by Crippen LogP contribution is 2.19. The second-order valence-corrected chi connectivity index (χ2v) is 8.54. The average molecular weight is 418 g/mol. The van der Waals surface area contributed by atoms with E-state index in [-0.39, 0.29) is 29.7 Å². The number of amides is 1. The van der Waals surface area contributed by atoms with Crippen molar-refractivity contribution < 1.29 is 22.7 Å². The number of ether oxygens (including phenoxy) is 1. The second-order valence-electron chi connectivity index (χ2n) is 6.16. The van der Waals surface area contributed by atoms with E-state index in [9.17, 15) is 18.0 Å². The Morgan fingerprint density at radius 1 is 1.15 bits per heavy atom. The van der Waals surface area contributed by atoms with Gasteiger partial charge in [-0.3, -0.25) is 14.5 Å². The maximum atomic E-state index is 12.6. The lowest BCUT2D eigenvalue weighted by Crippen LogP contribution is -2.51. The Kier molecular flexibility index (Phi) is 8.03. The van der Waals surface area contributed by atoms with Gasteiger partial charge in [0, 0.05) is 44.2 Å². The number of piperazine rings is 1. The van der Waals surface area contributed by atoms with E-state index < -0.39 is 10.0 Å². The van der Waals surface area contributed by atoms with Gasteiger partial charge in [0.1, 0.15) is 0 Å². The summed E-state index contributed by atoms with van der Waals surface area (Å²) >= 11 is 5.81. The molecule has 1 amide bonds. The highest BCUT2D eigenvalue weighted by Gasteiger charge is 2.28. The normalized spacial score (nSPS) is 16.1. The maximum absolute atomic E-state index is 12.6. The van der Waals surface area contributed by atoms with Crippen LogP contribution in [0.5, 0.6) is 0 Å². The highest BCUT2D eigenvalue weighted by molar-refractivity contribution is 7.89. The van der Waals surface area contributed by atoms with Gasteiger partial charge in [0.05, 0.1) is 18.6 Å². The third kappa shape index (κ3) is 6.46. The number of hydrogen-bond donors (Lipinski definition) is 1. The topological polar surface area (TPSA) is 96.0 Å². The average Bonchev–Trinajstić information content (AvgIpc) is 2.66. The zero-order valence-electron chi connectivity index (χ0n) is 15.2. The van der Waals surface area contributed by atoms with E-state index in [0.717, 1.165) is 0 Å². The monoisotopic (exact) mass is 417 g/mol. The first kappa shape index (κ1) is 21.6. The summed E-state index contributed by atoms with van der Waals surface area (Å²) in [5.41, 5.74) is 0. The number of nitrogens with one attached hydrogen (secondary N) is 1. The van der Waals surface area contributed by atoms with Crippen LogP contribution in [0.25, 0.3) is 0 Å². The third-order valence-corrected chi connectivity index (χ3v) is 6.42. The molecule has 2 rings (SSSR count). The van der Waals surface area contributed by atoms with Crippen molar-refractivity contribution in [3.05, 3.63) is 29.3 Å². The van der Waals surface area contributed by atoms with Crippen LogP contribution in [0.4, 0.5) is 0 Å². The largest absolute Gasteiger partial charge is 0.469 e. The van der Waals surface area contributed by atoms with Crippen LogP contribution in [0.15, 0.2) is 29.2 Å². The van der Waals surface area contributed by atoms with Crippen molar-refractivity contribution in [2.75, 3.05) is 46.4 Å². The van der Waals surface area contributed by atoms with Gasteiger partial charge in [-0.2, -0.15) is 4.31 Å². The third-order valence-electron chi connectivity index (χ3n) is 4.26. The Bertz CT molecular complexity index is 746. The van der Waals surface area contributed by atoms with Crippen LogP contribution >= 0.6 is 11.6 Å². The minimum atomic E-state index is -3.56. The summed E-state index contributed by atoms with van der Waals surface area (Å²) < 4.78 is 31.2. The molecule has 10 heteroatoms. The lowest BCUT2D eigenvalue weighted by Gasteiger charge is -2.33. The molecule has 1 N–H and O–H groups in total. The zero-order valence-corrected chi connectivity index (χ0v) is 16.8. The molecule has 1 aliphatic heterocycles. The first-order valence-corrected chi connectivity index (χ1v) is 10.5. The molecule has 1 aliphatic rings. The van der Waals surface area contributed by atoms with Gasteiger partial charge in [0.15, 0.2) is 0 Å². The van der Waals surface area contributed by atoms with Gasteiger partial charge in [0.25, 0.3) is 0 Å². The predicted octanol–water partition coefficient (Wildman–Crippen LogP) is 0.716. The zero-order chi connectivity index (χ0) is 19.9. The molecule has 0 saturated carbocycles. The van der Waals surface area contributed by atoms with Crippen molar-refractivity contribution in [2.45, 2.75) is 17.7 Å². The van der Waals surface area contributed by atoms with E-state index in [0.29, 0.717) is 44.2 Å². The molecule has 0 atom stereocenters. The molecule has 0 bridgehead atoms. The van der Waals surface area contributed by atoms with Gasteiger partial charge in [-0.05, 0) is 30.7 Å². The molecule has 0 aliphatic carbocycles. The lowest BCUT2D eigenvalue weighted by molar-refractivity contribution is -0.140. The molecule has 0 unspecified atom stereocenters. The lowest BCUT2D eigenvalue weighted by atomic mass is 10.3. The van der Waals surface area contributed by atoms with Crippen molar-refractivity contribution in [2.24, 2.45) is 0 Å². The van der Waals surface area contributed by atoms with Crippen LogP contribution in [0, 0.1) is 0 Å². The summed E-state index contributed by atoms with van der Waals surface area (Å²) in [7, 11) is -2.23. The van der Waals surface area contributed by atoms with Crippen molar-refractivity contribution in [3.63, 3.8) is 0 Å². The van der Waals surface area contributed by atoms with Gasteiger partial charge >= 0.3 is 5.97 Å². The fourth-order valence-electron chi connectivity index (χ4n) is 2.71. The van der Waals surface area contributed by atoms with E-state index in [2.05, 4.69) is 10.1 Å². The smallest absolute Gasteiger partial charge is 0.305 e. The Hall–Kier alpha value is -1.68. The molecule has 0 spiro atoms. The summed E-state index contributed by atoms with van der Waals surface area (Å²) in [4.78, 5) is 25.1. The molecule has 0 radical (unpaired) electrons. The van der Waals surface area contributed by atoms with E-state index >= 15 is 0 Å². The van der Waals surface area contributed by atoms with Crippen LogP contribution in [0.1, 0.15) is 12.8 Å². The van der Waals surface area contributed by atoms with E-state index in [1.807, 2.05) is 4.90 Å². The molecule has 150 valence electrons. The van der Waals surface area contributed by atoms with Gasteiger partial charge in [-0.25, -0.2) is 8.42 Å². The number of halogens is 1. The minimum Gasteiger partial charge on any atom is -0.469 e. The molecular weight excluding hydrogens is 394 g/mol. The van der Waals surface area contributed by atoms with E-state index in [4.69, 9.17) is 11.6 Å². The number of benzene rings is 1. The molecular formula is C17H24ClN3O5S. The molecule has 27 heavy (non-hydrogen) atoms. The quantitative estimate of drug-likeness (QED) is 0.494. The number of carbonyl (C=O) groups is 2. The van der Waals surface area contributed by atoms with Crippen LogP contribution < -0.4 is 5.32 Å². The highest BCUT2D eigenvalue weighted by atomic mass is 35.5. The van der Waals surface area contributed by atoms with Crippen molar-refractivity contribution in [1.82, 2.24) is 14.5 Å². The van der Waals surface area contributed by atoms with E-state index in [1.165, 1.54) is 23.5 Å². The molecule has 1 fully saturated rings. The number of carbonyl (C=O) groups excluding carboxylic acids is 2. The Morgan fingerprint density at radius 2 is 1.78 bits per heavy atom. The fraction of sp³-hybridized carbons (Fsp3) is 0.529. The number of esters is 1. The molecule has 1 saturated heterocycles. The van der Waals surface area contributed by atoms with Gasteiger partial charge in [0.2, 0.25) is 15.9 Å². The number of methoxy groups -OCH3 is 1. The van der Waals surface area contributed by atoms with Crippen molar-refractivity contribution in [3.8, 4) is 0 Å². The number of rotatable bonds is 8. The first-order chi connectivity index (χ1) is 12.8.